The number of nitrogens with zero attached hydrogens (tertiary/aromatic N) is 2. The van der Waals surface area contributed by atoms with Crippen molar-refractivity contribution in [1.29, 1.82) is 0 Å². The fourth-order valence-electron chi connectivity index (χ4n) is 4.65. The molecule has 0 atom stereocenters. The van der Waals surface area contributed by atoms with Crippen molar-refractivity contribution < 1.29 is 27.1 Å². The Labute approximate surface area is 210 Å². The Morgan fingerprint density at radius 2 is 1.83 bits per heavy atom. The Morgan fingerprint density at radius 3 is 2.47 bits per heavy atom. The van der Waals surface area contributed by atoms with Crippen LogP contribution < -0.4 is 10.5 Å². The predicted octanol–water partition coefficient (Wildman–Crippen LogP) is 4.70. The number of hydrogen-bond donors (Lipinski definition) is 2. The molecule has 0 fully saturated rings. The van der Waals surface area contributed by atoms with E-state index in [1.54, 1.807) is 30.4 Å². The first-order chi connectivity index (χ1) is 16.9. The summed E-state index contributed by atoms with van der Waals surface area (Å²) in [5.74, 6) is -0.162. The molecule has 190 valence electrons. The molecule has 2 N–H and O–H groups in total. The average Bonchev–Trinajstić information content (AvgIpc) is 3.02. The van der Waals surface area contributed by atoms with Crippen molar-refractivity contribution in [3.05, 3.63) is 64.0 Å². The summed E-state index contributed by atoms with van der Waals surface area (Å²) < 4.78 is 40.7. The zero-order valence-corrected chi connectivity index (χ0v) is 21.9. The summed E-state index contributed by atoms with van der Waals surface area (Å²) in [6.07, 6.45) is 5.17. The Hall–Kier alpha value is -3.43. The van der Waals surface area contributed by atoms with Crippen molar-refractivity contribution in [1.82, 2.24) is 0 Å². The number of benzene rings is 2. The van der Waals surface area contributed by atoms with Crippen LogP contribution in [0.4, 0.5) is 11.4 Å². The highest BCUT2D eigenvalue weighted by atomic mass is 32.2. The van der Waals surface area contributed by atoms with Gasteiger partial charge in [-0.25, -0.2) is 4.79 Å². The molecule has 2 heterocycles. The largest absolute Gasteiger partial charge is 0.506 e. The van der Waals surface area contributed by atoms with E-state index in [9.17, 15) is 22.9 Å². The molecule has 9 heteroatoms. The minimum atomic E-state index is -4.36. The Bertz CT molecular complexity index is 1580. The molecule has 0 bridgehead atoms. The first kappa shape index (κ1) is 25.7. The van der Waals surface area contributed by atoms with Gasteiger partial charge in [-0.05, 0) is 44.2 Å². The van der Waals surface area contributed by atoms with Crippen molar-refractivity contribution >= 4 is 44.2 Å². The van der Waals surface area contributed by atoms with Gasteiger partial charge < -0.3 is 14.4 Å². The van der Waals surface area contributed by atoms with Gasteiger partial charge >= 0.3 is 5.63 Å². The van der Waals surface area contributed by atoms with Crippen LogP contribution in [0.3, 0.4) is 0 Å². The maximum atomic E-state index is 12.8. The molecule has 0 amide bonds. The molecule has 1 aliphatic rings. The lowest BCUT2D eigenvalue weighted by molar-refractivity contribution is -0.438. The van der Waals surface area contributed by atoms with Crippen LogP contribution in [-0.2, 0) is 15.5 Å². The van der Waals surface area contributed by atoms with E-state index in [0.717, 1.165) is 35.5 Å². The highest BCUT2D eigenvalue weighted by molar-refractivity contribution is 7.85. The Kier molecular flexibility index (Phi) is 6.57. The molecule has 2 aromatic carbocycles. The van der Waals surface area contributed by atoms with E-state index in [0.29, 0.717) is 17.5 Å². The number of fused-ring (bicyclic) bond motifs is 2. The van der Waals surface area contributed by atoms with Crippen LogP contribution in [0, 0.1) is 0 Å². The zero-order chi connectivity index (χ0) is 26.4. The molecule has 0 spiro atoms. The zero-order valence-electron chi connectivity index (χ0n) is 21.1. The van der Waals surface area contributed by atoms with Crippen molar-refractivity contribution in [2.75, 3.05) is 25.5 Å². The van der Waals surface area contributed by atoms with Crippen LogP contribution in [0.1, 0.15) is 44.7 Å². The summed E-state index contributed by atoms with van der Waals surface area (Å²) >= 11 is 0. The summed E-state index contributed by atoms with van der Waals surface area (Å²) in [6.45, 7) is 6.68. The van der Waals surface area contributed by atoms with E-state index in [-0.39, 0.29) is 16.2 Å². The second-order valence-electron chi connectivity index (χ2n) is 9.73. The third kappa shape index (κ3) is 4.44. The summed E-state index contributed by atoms with van der Waals surface area (Å²) in [5, 5.41) is 11.4. The molecular weight excluding hydrogens is 480 g/mol. The van der Waals surface area contributed by atoms with Crippen LogP contribution in [0.25, 0.3) is 17.0 Å². The van der Waals surface area contributed by atoms with E-state index in [4.69, 9.17) is 4.42 Å². The van der Waals surface area contributed by atoms with Gasteiger partial charge in [0.1, 0.15) is 23.4 Å². The van der Waals surface area contributed by atoms with Gasteiger partial charge in [0.2, 0.25) is 5.69 Å². The number of rotatable bonds is 7. The van der Waals surface area contributed by atoms with E-state index < -0.39 is 21.2 Å². The van der Waals surface area contributed by atoms with Gasteiger partial charge in [0, 0.05) is 50.0 Å². The SMILES string of the molecule is CCCC[N+]1=C(/C=C/c2c(O)c3ccc(N(C)C)cc3oc2=O)C(C)(C)c2cc(S(=O)(=O)O)ccc21. The molecule has 0 unspecified atom stereocenters. The minimum absolute atomic E-state index is 0.0356. The molecule has 8 nitrogen and oxygen atoms in total. The second-order valence-corrected chi connectivity index (χ2v) is 11.2. The van der Waals surface area contributed by atoms with Gasteiger partial charge in [0.25, 0.3) is 10.1 Å². The van der Waals surface area contributed by atoms with Gasteiger partial charge in [-0.2, -0.15) is 13.0 Å². The lowest BCUT2D eigenvalue weighted by Gasteiger charge is -2.16. The van der Waals surface area contributed by atoms with Crippen LogP contribution >= 0.6 is 0 Å². The molecular formula is C27H31N2O6S+. The predicted molar refractivity (Wildman–Crippen MR) is 141 cm³/mol. The van der Waals surface area contributed by atoms with Crippen LogP contribution in [0.2, 0.25) is 0 Å². The van der Waals surface area contributed by atoms with Crippen molar-refractivity contribution in [3.63, 3.8) is 0 Å². The molecule has 3 aromatic rings. The molecule has 0 aliphatic carbocycles. The molecule has 0 saturated carbocycles. The van der Waals surface area contributed by atoms with E-state index in [1.807, 2.05) is 38.9 Å². The van der Waals surface area contributed by atoms with Gasteiger partial charge in [0.15, 0.2) is 5.71 Å². The van der Waals surface area contributed by atoms with Crippen LogP contribution in [-0.4, -0.2) is 49.0 Å². The minimum Gasteiger partial charge on any atom is -0.506 e. The molecule has 1 aromatic heterocycles. The average molecular weight is 512 g/mol. The summed E-state index contributed by atoms with van der Waals surface area (Å²) in [5.41, 5.74) is 2.30. The Balaban J connectivity index is 1.84. The number of aromatic hydroxyl groups is 1. The van der Waals surface area contributed by atoms with Crippen molar-refractivity contribution in [2.24, 2.45) is 0 Å². The monoisotopic (exact) mass is 511 g/mol. The van der Waals surface area contributed by atoms with Gasteiger partial charge in [-0.1, -0.05) is 13.3 Å². The molecule has 1 aliphatic heterocycles. The van der Waals surface area contributed by atoms with Gasteiger partial charge in [-0.3, -0.25) is 4.55 Å². The fourth-order valence-corrected chi connectivity index (χ4v) is 5.15. The molecule has 0 radical (unpaired) electrons. The summed E-state index contributed by atoms with van der Waals surface area (Å²) in [4.78, 5) is 14.5. The smallest absolute Gasteiger partial charge is 0.347 e. The van der Waals surface area contributed by atoms with Crippen molar-refractivity contribution in [2.45, 2.75) is 43.9 Å². The Morgan fingerprint density at radius 1 is 1.11 bits per heavy atom. The lowest BCUT2D eigenvalue weighted by atomic mass is 9.81. The molecule has 0 saturated heterocycles. The van der Waals surface area contributed by atoms with Gasteiger partial charge in [-0.15, -0.1) is 0 Å². The summed E-state index contributed by atoms with van der Waals surface area (Å²) in [6, 6.07) is 9.83. The second kappa shape index (κ2) is 9.22. The maximum absolute atomic E-state index is 12.8. The standard InChI is InChI=1S/C27H30N2O6S/c1-6-7-14-29-22-12-9-18(36(32,33)34)16-21(22)27(2,3)24(29)13-11-20-25(30)19-10-8-17(28(4)5)15-23(19)35-26(20)31/h8-13,15-16H,6-7,14H2,1-5H3,(H,32,33,34)/p+1. The van der Waals surface area contributed by atoms with E-state index >= 15 is 0 Å². The number of unbranched alkanes of at least 4 members (excludes halogenated alkanes) is 1. The third-order valence-electron chi connectivity index (χ3n) is 6.72. The highest BCUT2D eigenvalue weighted by Crippen LogP contribution is 2.41. The highest BCUT2D eigenvalue weighted by Gasteiger charge is 2.44. The summed E-state index contributed by atoms with van der Waals surface area (Å²) in [7, 11) is -0.612. The number of allylic oxidation sites excluding steroid dienone is 1. The maximum Gasteiger partial charge on any atom is 0.347 e. The lowest BCUT2D eigenvalue weighted by Crippen LogP contribution is -2.28. The van der Waals surface area contributed by atoms with E-state index in [1.165, 1.54) is 12.1 Å². The first-order valence-corrected chi connectivity index (χ1v) is 13.2. The molecule has 4 rings (SSSR count). The van der Waals surface area contributed by atoms with E-state index in [2.05, 4.69) is 11.5 Å². The first-order valence-electron chi connectivity index (χ1n) is 11.8. The topological polar surface area (TPSA) is 111 Å². The number of anilines is 1. The molecule has 36 heavy (non-hydrogen) atoms. The quantitative estimate of drug-likeness (QED) is 0.269. The van der Waals surface area contributed by atoms with Crippen LogP contribution in [0.15, 0.2) is 56.6 Å². The normalized spacial score (nSPS) is 15.2. The fraction of sp³-hybridized carbons (Fsp3) is 0.333. The number of hydrogen-bond acceptors (Lipinski definition) is 6. The van der Waals surface area contributed by atoms with Crippen molar-refractivity contribution in [3.8, 4) is 5.75 Å². The third-order valence-corrected chi connectivity index (χ3v) is 7.57. The van der Waals surface area contributed by atoms with Crippen LogP contribution in [0.5, 0.6) is 5.75 Å². The van der Waals surface area contributed by atoms with Gasteiger partial charge in [0.05, 0.1) is 15.7 Å².